The standard InChI is InChI=1S/C20H17ClF3N3O2/c21-13-2-4-14(5-3-13)29-15-7-9-27(10-8-15)19(28)18-16-11-12(20(22,23)24)1-6-17(16)25-26-18/h1-6,11,15H,7-10H2,(H,25,26). The molecule has 0 aliphatic carbocycles. The van der Waals surface area contributed by atoms with Crippen molar-refractivity contribution in [2.24, 2.45) is 0 Å². The highest BCUT2D eigenvalue weighted by atomic mass is 35.5. The van der Waals surface area contributed by atoms with Crippen LogP contribution in [0.1, 0.15) is 28.9 Å². The first-order valence-electron chi connectivity index (χ1n) is 9.08. The summed E-state index contributed by atoms with van der Waals surface area (Å²) in [5, 5.41) is 7.39. The SMILES string of the molecule is O=C(c1n[nH]c2ccc(C(F)(F)F)cc12)N1CCC(Oc2ccc(Cl)cc2)CC1. The van der Waals surface area contributed by atoms with E-state index in [-0.39, 0.29) is 23.1 Å². The summed E-state index contributed by atoms with van der Waals surface area (Å²) < 4.78 is 44.9. The molecule has 4 rings (SSSR count). The number of aromatic nitrogens is 2. The van der Waals surface area contributed by atoms with Gasteiger partial charge in [0, 0.05) is 36.3 Å². The Morgan fingerprint density at radius 1 is 1.14 bits per heavy atom. The van der Waals surface area contributed by atoms with Gasteiger partial charge in [-0.3, -0.25) is 9.89 Å². The molecule has 0 atom stereocenters. The number of piperidine rings is 1. The lowest BCUT2D eigenvalue weighted by molar-refractivity contribution is -0.137. The first-order chi connectivity index (χ1) is 13.8. The Kier molecular flexibility index (Phi) is 5.12. The summed E-state index contributed by atoms with van der Waals surface area (Å²) in [7, 11) is 0. The molecule has 1 N–H and O–H groups in total. The quantitative estimate of drug-likeness (QED) is 0.650. The van der Waals surface area contributed by atoms with Gasteiger partial charge < -0.3 is 9.64 Å². The van der Waals surface area contributed by atoms with Gasteiger partial charge in [-0.25, -0.2) is 0 Å². The number of benzene rings is 2. The molecule has 0 radical (unpaired) electrons. The zero-order chi connectivity index (χ0) is 20.6. The van der Waals surface area contributed by atoms with E-state index in [1.165, 1.54) is 6.07 Å². The van der Waals surface area contributed by atoms with Gasteiger partial charge in [0.05, 0.1) is 11.1 Å². The van der Waals surface area contributed by atoms with Crippen molar-refractivity contribution in [2.45, 2.75) is 25.1 Å². The van der Waals surface area contributed by atoms with Gasteiger partial charge in [-0.1, -0.05) is 11.6 Å². The highest BCUT2D eigenvalue weighted by molar-refractivity contribution is 6.30. The molecule has 1 aliphatic rings. The molecule has 1 saturated heterocycles. The first kappa shape index (κ1) is 19.6. The molecule has 0 bridgehead atoms. The van der Waals surface area contributed by atoms with Crippen molar-refractivity contribution < 1.29 is 22.7 Å². The van der Waals surface area contributed by atoms with Crippen LogP contribution in [0.25, 0.3) is 10.9 Å². The van der Waals surface area contributed by atoms with Crippen molar-refractivity contribution >= 4 is 28.4 Å². The average Bonchev–Trinajstić information content (AvgIpc) is 3.12. The van der Waals surface area contributed by atoms with Gasteiger partial charge in [0.2, 0.25) is 0 Å². The Bertz CT molecular complexity index is 1030. The van der Waals surface area contributed by atoms with E-state index in [2.05, 4.69) is 10.2 Å². The summed E-state index contributed by atoms with van der Waals surface area (Å²) in [5.74, 6) is 0.317. The van der Waals surface area contributed by atoms with E-state index in [4.69, 9.17) is 16.3 Å². The van der Waals surface area contributed by atoms with Crippen molar-refractivity contribution in [1.29, 1.82) is 0 Å². The monoisotopic (exact) mass is 423 g/mol. The summed E-state index contributed by atoms with van der Waals surface area (Å²) in [6.45, 7) is 0.870. The third-order valence-corrected chi connectivity index (χ3v) is 5.19. The van der Waals surface area contributed by atoms with Gasteiger partial charge >= 0.3 is 6.18 Å². The third kappa shape index (κ3) is 4.17. The number of carbonyl (C=O) groups excluding carboxylic acids is 1. The fourth-order valence-electron chi connectivity index (χ4n) is 3.39. The minimum Gasteiger partial charge on any atom is -0.490 e. The second kappa shape index (κ2) is 7.59. The number of fused-ring (bicyclic) bond motifs is 1. The van der Waals surface area contributed by atoms with Crippen LogP contribution in [0.15, 0.2) is 42.5 Å². The first-order valence-corrected chi connectivity index (χ1v) is 9.46. The Labute approximate surface area is 169 Å². The number of aromatic amines is 1. The maximum atomic E-state index is 13.0. The minimum absolute atomic E-state index is 0.00293. The van der Waals surface area contributed by atoms with Crippen LogP contribution >= 0.6 is 11.6 Å². The van der Waals surface area contributed by atoms with E-state index in [0.29, 0.717) is 42.2 Å². The molecule has 152 valence electrons. The van der Waals surface area contributed by atoms with Crippen molar-refractivity contribution in [3.8, 4) is 5.75 Å². The third-order valence-electron chi connectivity index (χ3n) is 4.94. The van der Waals surface area contributed by atoms with Crippen LogP contribution in [0.4, 0.5) is 13.2 Å². The molecule has 1 fully saturated rings. The topological polar surface area (TPSA) is 58.2 Å². The second-order valence-electron chi connectivity index (χ2n) is 6.89. The zero-order valence-electron chi connectivity index (χ0n) is 15.2. The largest absolute Gasteiger partial charge is 0.490 e. The summed E-state index contributed by atoms with van der Waals surface area (Å²) in [5.41, 5.74) is -0.416. The number of rotatable bonds is 3. The summed E-state index contributed by atoms with van der Waals surface area (Å²) in [4.78, 5) is 14.4. The summed E-state index contributed by atoms with van der Waals surface area (Å²) >= 11 is 5.86. The molecule has 2 heterocycles. The number of hydrogen-bond acceptors (Lipinski definition) is 3. The van der Waals surface area contributed by atoms with E-state index in [0.717, 1.165) is 12.1 Å². The number of ether oxygens (including phenoxy) is 1. The van der Waals surface area contributed by atoms with Crippen molar-refractivity contribution in [2.75, 3.05) is 13.1 Å². The Morgan fingerprint density at radius 3 is 2.48 bits per heavy atom. The number of alkyl halides is 3. The van der Waals surface area contributed by atoms with Gasteiger partial charge in [0.25, 0.3) is 5.91 Å². The van der Waals surface area contributed by atoms with Crippen molar-refractivity contribution in [3.05, 3.63) is 58.7 Å². The van der Waals surface area contributed by atoms with Crippen LogP contribution in [0.5, 0.6) is 5.75 Å². The van der Waals surface area contributed by atoms with E-state index in [1.54, 1.807) is 29.2 Å². The fraction of sp³-hybridized carbons (Fsp3) is 0.300. The molecule has 0 unspecified atom stereocenters. The van der Waals surface area contributed by atoms with Gasteiger partial charge in [-0.2, -0.15) is 18.3 Å². The number of hydrogen-bond donors (Lipinski definition) is 1. The highest BCUT2D eigenvalue weighted by Crippen LogP contribution is 2.32. The molecule has 1 amide bonds. The van der Waals surface area contributed by atoms with Crippen LogP contribution in [0, 0.1) is 0 Å². The summed E-state index contributed by atoms with van der Waals surface area (Å²) in [6, 6.07) is 10.3. The van der Waals surface area contributed by atoms with Gasteiger partial charge in [0.1, 0.15) is 11.9 Å². The molecule has 0 saturated carbocycles. The normalized spacial score (nSPS) is 15.7. The van der Waals surface area contributed by atoms with Gasteiger partial charge in [-0.15, -0.1) is 0 Å². The lowest BCUT2D eigenvalue weighted by atomic mass is 10.1. The summed E-state index contributed by atoms with van der Waals surface area (Å²) in [6.07, 6.45) is -3.30. The Morgan fingerprint density at radius 2 is 1.83 bits per heavy atom. The molecule has 29 heavy (non-hydrogen) atoms. The molecule has 1 aliphatic heterocycles. The van der Waals surface area contributed by atoms with E-state index < -0.39 is 11.7 Å². The molecule has 0 spiro atoms. The molecule has 5 nitrogen and oxygen atoms in total. The predicted molar refractivity (Wildman–Crippen MR) is 102 cm³/mol. The number of nitrogens with one attached hydrogen (secondary N) is 1. The molecule has 1 aromatic heterocycles. The maximum Gasteiger partial charge on any atom is 0.416 e. The van der Waals surface area contributed by atoms with Crippen LogP contribution in [-0.4, -0.2) is 40.2 Å². The van der Waals surface area contributed by atoms with Gasteiger partial charge in [0.15, 0.2) is 5.69 Å². The molecule has 9 heteroatoms. The Balaban J connectivity index is 1.45. The maximum absolute atomic E-state index is 13.0. The minimum atomic E-state index is -4.48. The lowest BCUT2D eigenvalue weighted by Gasteiger charge is -2.31. The van der Waals surface area contributed by atoms with Gasteiger partial charge in [-0.05, 0) is 42.5 Å². The van der Waals surface area contributed by atoms with Crippen LogP contribution in [0.3, 0.4) is 0 Å². The number of H-pyrrole nitrogens is 1. The lowest BCUT2D eigenvalue weighted by Crippen LogP contribution is -2.42. The van der Waals surface area contributed by atoms with E-state index >= 15 is 0 Å². The molecular weight excluding hydrogens is 407 g/mol. The number of halogens is 4. The number of amides is 1. The average molecular weight is 424 g/mol. The van der Waals surface area contributed by atoms with Crippen molar-refractivity contribution in [3.63, 3.8) is 0 Å². The fourth-order valence-corrected chi connectivity index (χ4v) is 3.51. The van der Waals surface area contributed by atoms with E-state index in [9.17, 15) is 18.0 Å². The van der Waals surface area contributed by atoms with Crippen LogP contribution < -0.4 is 4.74 Å². The Hall–Kier alpha value is -2.74. The number of nitrogens with zero attached hydrogens (tertiary/aromatic N) is 2. The zero-order valence-corrected chi connectivity index (χ0v) is 15.9. The second-order valence-corrected chi connectivity index (χ2v) is 7.33. The molecular formula is C20H17ClF3N3O2. The van der Waals surface area contributed by atoms with E-state index in [1.807, 2.05) is 0 Å². The smallest absolute Gasteiger partial charge is 0.416 e. The van der Waals surface area contributed by atoms with Crippen LogP contribution in [0.2, 0.25) is 5.02 Å². The van der Waals surface area contributed by atoms with Crippen LogP contribution in [-0.2, 0) is 6.18 Å². The number of carbonyl (C=O) groups is 1. The highest BCUT2D eigenvalue weighted by Gasteiger charge is 2.32. The van der Waals surface area contributed by atoms with Crippen molar-refractivity contribution in [1.82, 2.24) is 15.1 Å². The molecule has 3 aromatic rings. The molecule has 2 aromatic carbocycles. The number of likely N-dealkylation sites (tertiary alicyclic amines) is 1. The predicted octanol–water partition coefficient (Wildman–Crippen LogP) is 4.92.